The van der Waals surface area contributed by atoms with Gasteiger partial charge in [0, 0.05) is 19.5 Å². The molecule has 0 aliphatic carbocycles. The Morgan fingerprint density at radius 3 is 1.86 bits per heavy atom. The van der Waals surface area contributed by atoms with Crippen molar-refractivity contribution in [3.63, 3.8) is 0 Å². The number of amides is 1. The number of thiol groups is 1. The highest BCUT2D eigenvalue weighted by Crippen LogP contribution is 2.06. The molecule has 0 saturated carbocycles. The van der Waals surface area contributed by atoms with Crippen molar-refractivity contribution >= 4 is 18.5 Å². The molecule has 0 fully saturated rings. The van der Waals surface area contributed by atoms with E-state index in [9.17, 15) is 4.79 Å². The zero-order valence-corrected chi connectivity index (χ0v) is 10.7. The molecule has 0 N–H and O–H groups in total. The van der Waals surface area contributed by atoms with Crippen LogP contribution in [0.1, 0.15) is 34.1 Å². The smallest absolute Gasteiger partial charge is 0.223 e. The molecular formula is C11H23NOS. The number of nitrogens with zero attached hydrogens (tertiary/aromatic N) is 1. The molecular weight excluding hydrogens is 194 g/mol. The minimum Gasteiger partial charge on any atom is -0.342 e. The molecule has 0 heterocycles. The molecule has 0 spiro atoms. The lowest BCUT2D eigenvalue weighted by atomic mass is 10.1. The molecule has 0 aromatic rings. The van der Waals surface area contributed by atoms with Crippen LogP contribution in [0.25, 0.3) is 0 Å². The second kappa shape index (κ2) is 7.16. The van der Waals surface area contributed by atoms with Gasteiger partial charge < -0.3 is 4.90 Å². The zero-order valence-electron chi connectivity index (χ0n) is 9.79. The molecule has 0 rings (SSSR count). The fourth-order valence-electron chi connectivity index (χ4n) is 1.41. The molecule has 0 aliphatic heterocycles. The normalized spacial score (nSPS) is 11.1. The van der Waals surface area contributed by atoms with Crippen LogP contribution in [0.15, 0.2) is 0 Å². The van der Waals surface area contributed by atoms with Crippen LogP contribution in [0, 0.1) is 11.8 Å². The molecule has 0 bridgehead atoms. The van der Waals surface area contributed by atoms with Gasteiger partial charge in [-0.25, -0.2) is 0 Å². The van der Waals surface area contributed by atoms with Gasteiger partial charge in [-0.15, -0.1) is 0 Å². The van der Waals surface area contributed by atoms with E-state index < -0.39 is 0 Å². The van der Waals surface area contributed by atoms with E-state index >= 15 is 0 Å². The summed E-state index contributed by atoms with van der Waals surface area (Å²) >= 11 is 4.09. The quantitative estimate of drug-likeness (QED) is 0.678. The molecule has 0 atom stereocenters. The lowest BCUT2D eigenvalue weighted by Gasteiger charge is -2.26. The van der Waals surface area contributed by atoms with Crippen molar-refractivity contribution in [1.82, 2.24) is 4.90 Å². The van der Waals surface area contributed by atoms with Crippen LogP contribution in [0.3, 0.4) is 0 Å². The summed E-state index contributed by atoms with van der Waals surface area (Å²) in [5.74, 6) is 1.96. The zero-order chi connectivity index (χ0) is 11.1. The number of carbonyl (C=O) groups excluding carboxylic acids is 1. The van der Waals surface area contributed by atoms with Gasteiger partial charge in [-0.1, -0.05) is 27.7 Å². The average molecular weight is 217 g/mol. The van der Waals surface area contributed by atoms with E-state index in [1.807, 2.05) is 4.90 Å². The Hall–Kier alpha value is -0.180. The largest absolute Gasteiger partial charge is 0.342 e. The Kier molecular flexibility index (Phi) is 7.06. The lowest BCUT2D eigenvalue weighted by Crippen LogP contribution is -2.37. The van der Waals surface area contributed by atoms with Gasteiger partial charge in [-0.3, -0.25) is 4.79 Å². The summed E-state index contributed by atoms with van der Waals surface area (Å²) in [5, 5.41) is 0. The van der Waals surface area contributed by atoms with Crippen molar-refractivity contribution in [3.05, 3.63) is 0 Å². The first-order chi connectivity index (χ1) is 6.47. The molecule has 14 heavy (non-hydrogen) atoms. The number of carbonyl (C=O) groups is 1. The van der Waals surface area contributed by atoms with E-state index in [2.05, 4.69) is 40.3 Å². The van der Waals surface area contributed by atoms with Gasteiger partial charge in [0.2, 0.25) is 5.91 Å². The Morgan fingerprint density at radius 2 is 1.57 bits per heavy atom. The third kappa shape index (κ3) is 6.30. The van der Waals surface area contributed by atoms with Crippen molar-refractivity contribution < 1.29 is 4.79 Å². The highest BCUT2D eigenvalue weighted by Gasteiger charge is 2.14. The van der Waals surface area contributed by atoms with E-state index in [0.717, 1.165) is 13.1 Å². The van der Waals surface area contributed by atoms with E-state index in [-0.39, 0.29) is 5.91 Å². The average Bonchev–Trinajstić information content (AvgIpc) is 2.01. The predicted molar refractivity (Wildman–Crippen MR) is 64.7 cm³/mol. The van der Waals surface area contributed by atoms with Gasteiger partial charge in [0.05, 0.1) is 0 Å². The lowest BCUT2D eigenvalue weighted by molar-refractivity contribution is -0.131. The summed E-state index contributed by atoms with van der Waals surface area (Å²) in [4.78, 5) is 13.7. The van der Waals surface area contributed by atoms with Crippen molar-refractivity contribution in [2.24, 2.45) is 11.8 Å². The number of hydrogen-bond donors (Lipinski definition) is 1. The van der Waals surface area contributed by atoms with Crippen LogP contribution in [-0.2, 0) is 4.79 Å². The van der Waals surface area contributed by atoms with Crippen molar-refractivity contribution in [1.29, 1.82) is 0 Å². The van der Waals surface area contributed by atoms with Crippen LogP contribution in [0.5, 0.6) is 0 Å². The van der Waals surface area contributed by atoms with Gasteiger partial charge in [0.15, 0.2) is 0 Å². The van der Waals surface area contributed by atoms with Gasteiger partial charge in [0.1, 0.15) is 0 Å². The highest BCUT2D eigenvalue weighted by atomic mass is 32.1. The van der Waals surface area contributed by atoms with Gasteiger partial charge >= 0.3 is 0 Å². The molecule has 1 amide bonds. The van der Waals surface area contributed by atoms with Gasteiger partial charge in [0.25, 0.3) is 0 Å². The maximum atomic E-state index is 11.7. The SMILES string of the molecule is CC(C)CN(CC(C)C)C(=O)CCS. The molecule has 0 aliphatic rings. The fraction of sp³-hybridized carbons (Fsp3) is 0.909. The molecule has 3 heteroatoms. The molecule has 0 saturated heterocycles. The Bertz CT molecular complexity index is 159. The second-order valence-electron chi connectivity index (χ2n) is 4.56. The molecule has 2 nitrogen and oxygen atoms in total. The first-order valence-electron chi connectivity index (χ1n) is 5.36. The monoisotopic (exact) mass is 217 g/mol. The van der Waals surface area contributed by atoms with Crippen LogP contribution < -0.4 is 0 Å². The van der Waals surface area contributed by atoms with Crippen molar-refractivity contribution in [2.75, 3.05) is 18.8 Å². The van der Waals surface area contributed by atoms with Crippen LogP contribution in [0.4, 0.5) is 0 Å². The first-order valence-corrected chi connectivity index (χ1v) is 5.99. The summed E-state index contributed by atoms with van der Waals surface area (Å²) in [6.45, 7) is 10.3. The molecule has 84 valence electrons. The fourth-order valence-corrected chi connectivity index (χ4v) is 1.60. The third-order valence-electron chi connectivity index (χ3n) is 1.85. The van der Waals surface area contributed by atoms with Crippen molar-refractivity contribution in [3.8, 4) is 0 Å². The number of rotatable bonds is 6. The topological polar surface area (TPSA) is 20.3 Å². The van der Waals surface area contributed by atoms with Crippen LogP contribution in [-0.4, -0.2) is 29.6 Å². The summed E-state index contributed by atoms with van der Waals surface area (Å²) in [7, 11) is 0. The molecule has 0 unspecified atom stereocenters. The Morgan fingerprint density at radius 1 is 1.14 bits per heavy atom. The summed E-state index contributed by atoms with van der Waals surface area (Å²) in [6.07, 6.45) is 0.558. The highest BCUT2D eigenvalue weighted by molar-refractivity contribution is 7.80. The van der Waals surface area contributed by atoms with E-state index in [0.29, 0.717) is 24.0 Å². The predicted octanol–water partition coefficient (Wildman–Crippen LogP) is 2.45. The van der Waals surface area contributed by atoms with Gasteiger partial charge in [-0.05, 0) is 17.6 Å². The standard InChI is InChI=1S/C11H23NOS/c1-9(2)7-12(8-10(3)4)11(13)5-6-14/h9-10,14H,5-8H2,1-4H3. The number of hydrogen-bond acceptors (Lipinski definition) is 2. The third-order valence-corrected chi connectivity index (χ3v) is 2.07. The molecule has 0 aromatic carbocycles. The Labute approximate surface area is 93.5 Å². The minimum atomic E-state index is 0.238. The maximum absolute atomic E-state index is 11.7. The summed E-state index contributed by atoms with van der Waals surface area (Å²) < 4.78 is 0. The van der Waals surface area contributed by atoms with E-state index in [4.69, 9.17) is 0 Å². The van der Waals surface area contributed by atoms with Crippen LogP contribution in [0.2, 0.25) is 0 Å². The minimum absolute atomic E-state index is 0.238. The van der Waals surface area contributed by atoms with Gasteiger partial charge in [-0.2, -0.15) is 12.6 Å². The Balaban J connectivity index is 4.15. The second-order valence-corrected chi connectivity index (χ2v) is 5.01. The van der Waals surface area contributed by atoms with E-state index in [1.54, 1.807) is 0 Å². The maximum Gasteiger partial charge on any atom is 0.223 e. The molecule has 0 aromatic heterocycles. The van der Waals surface area contributed by atoms with Crippen LogP contribution >= 0.6 is 12.6 Å². The summed E-state index contributed by atoms with van der Waals surface area (Å²) in [6, 6.07) is 0. The first kappa shape index (κ1) is 13.8. The van der Waals surface area contributed by atoms with E-state index in [1.165, 1.54) is 0 Å². The summed E-state index contributed by atoms with van der Waals surface area (Å²) in [5.41, 5.74) is 0. The molecule has 0 radical (unpaired) electrons. The van der Waals surface area contributed by atoms with Crippen molar-refractivity contribution in [2.45, 2.75) is 34.1 Å².